The number of carbonyl (C=O) groups excluding carboxylic acids is 2. The van der Waals surface area contributed by atoms with Crippen LogP contribution in [-0.2, 0) is 32.6 Å². The van der Waals surface area contributed by atoms with Crippen LogP contribution in [0.3, 0.4) is 0 Å². The molecule has 1 aliphatic rings. The normalized spacial score (nSPS) is 14.7. The average molecular weight is 600 g/mol. The third kappa shape index (κ3) is 8.78. The summed E-state index contributed by atoms with van der Waals surface area (Å²) in [5, 5.41) is 3.69. The molecule has 1 fully saturated rings. The Hall–Kier alpha value is -3.43. The van der Waals surface area contributed by atoms with E-state index in [1.54, 1.807) is 24.3 Å². The van der Waals surface area contributed by atoms with Gasteiger partial charge in [0.25, 0.3) is 0 Å². The van der Waals surface area contributed by atoms with E-state index in [0.29, 0.717) is 5.02 Å². The Morgan fingerprint density at radius 3 is 2.17 bits per heavy atom. The molecule has 0 bridgehead atoms. The second kappa shape index (κ2) is 14.0. The SMILES string of the molecule is CS(=O)(=O)N(CC(=O)N(Cc1ccc(Cl)cc1)C(Cc1ccccc1)C(=O)NC1CCCCC1)c1ccc(F)cc1. The fourth-order valence-corrected chi connectivity index (χ4v) is 6.08. The summed E-state index contributed by atoms with van der Waals surface area (Å²) < 4.78 is 40.1. The van der Waals surface area contributed by atoms with Gasteiger partial charge in [-0.05, 0) is 60.4 Å². The van der Waals surface area contributed by atoms with Crippen molar-refractivity contribution in [2.24, 2.45) is 0 Å². The first kappa shape index (κ1) is 30.5. The number of nitrogens with zero attached hydrogens (tertiary/aromatic N) is 2. The number of anilines is 1. The summed E-state index contributed by atoms with van der Waals surface area (Å²) in [5.41, 5.74) is 1.75. The molecule has 0 heterocycles. The topological polar surface area (TPSA) is 86.8 Å². The highest BCUT2D eigenvalue weighted by Crippen LogP contribution is 2.23. The number of hydrogen-bond donors (Lipinski definition) is 1. The third-order valence-corrected chi connectivity index (χ3v) is 8.68. The highest BCUT2D eigenvalue weighted by molar-refractivity contribution is 7.92. The van der Waals surface area contributed by atoms with E-state index in [-0.39, 0.29) is 30.6 Å². The minimum Gasteiger partial charge on any atom is -0.352 e. The minimum absolute atomic E-state index is 0.0220. The smallest absolute Gasteiger partial charge is 0.244 e. The summed E-state index contributed by atoms with van der Waals surface area (Å²) in [7, 11) is -3.92. The summed E-state index contributed by atoms with van der Waals surface area (Å²) >= 11 is 6.09. The van der Waals surface area contributed by atoms with Crippen molar-refractivity contribution in [3.8, 4) is 0 Å². The van der Waals surface area contributed by atoms with E-state index < -0.39 is 34.3 Å². The summed E-state index contributed by atoms with van der Waals surface area (Å²) in [6, 6.07) is 20.4. The molecule has 3 aromatic rings. The number of nitrogens with one attached hydrogen (secondary N) is 1. The maximum Gasteiger partial charge on any atom is 0.244 e. The van der Waals surface area contributed by atoms with E-state index in [4.69, 9.17) is 11.6 Å². The van der Waals surface area contributed by atoms with E-state index in [1.807, 2.05) is 30.3 Å². The zero-order valence-electron chi connectivity index (χ0n) is 23.0. The van der Waals surface area contributed by atoms with Gasteiger partial charge in [-0.15, -0.1) is 0 Å². The number of amides is 2. The Morgan fingerprint density at radius 2 is 1.56 bits per heavy atom. The van der Waals surface area contributed by atoms with Gasteiger partial charge in [0.1, 0.15) is 18.4 Å². The van der Waals surface area contributed by atoms with Crippen molar-refractivity contribution in [2.75, 3.05) is 17.1 Å². The molecule has 1 atom stereocenters. The average Bonchev–Trinajstić information content (AvgIpc) is 2.95. The molecular formula is C31H35ClFN3O4S. The van der Waals surface area contributed by atoms with E-state index in [1.165, 1.54) is 17.0 Å². The highest BCUT2D eigenvalue weighted by Gasteiger charge is 2.34. The molecule has 0 aromatic heterocycles. The lowest BCUT2D eigenvalue weighted by molar-refractivity contribution is -0.140. The zero-order chi connectivity index (χ0) is 29.4. The second-order valence-electron chi connectivity index (χ2n) is 10.4. The molecule has 0 saturated heterocycles. The van der Waals surface area contributed by atoms with Crippen LogP contribution in [0.15, 0.2) is 78.9 Å². The molecule has 0 radical (unpaired) electrons. The molecule has 1 unspecified atom stereocenters. The number of benzene rings is 3. The number of carbonyl (C=O) groups is 2. The van der Waals surface area contributed by atoms with Gasteiger partial charge in [0.05, 0.1) is 11.9 Å². The van der Waals surface area contributed by atoms with Crippen LogP contribution in [0.1, 0.15) is 43.2 Å². The standard InChI is InChI=1S/C31H35ClFN3O4S/c1-41(39,40)36(28-18-16-26(33)17-19-28)22-30(37)35(21-24-12-14-25(32)15-13-24)29(20-23-8-4-2-5-9-23)31(38)34-27-10-6-3-7-11-27/h2,4-5,8-9,12-19,27,29H,3,6-7,10-11,20-22H2,1H3,(H,34,38). The lowest BCUT2D eigenvalue weighted by Crippen LogP contribution is -2.55. The maximum absolute atomic E-state index is 14.1. The summed E-state index contributed by atoms with van der Waals surface area (Å²) in [6.07, 6.45) is 6.18. The summed E-state index contributed by atoms with van der Waals surface area (Å²) in [4.78, 5) is 29.4. The molecule has 3 aromatic carbocycles. The molecular weight excluding hydrogens is 565 g/mol. The summed E-state index contributed by atoms with van der Waals surface area (Å²) in [6.45, 7) is -0.493. The van der Waals surface area contributed by atoms with Gasteiger partial charge in [-0.2, -0.15) is 0 Å². The van der Waals surface area contributed by atoms with Crippen molar-refractivity contribution < 1.29 is 22.4 Å². The Kier molecular flexibility index (Phi) is 10.4. The molecule has 7 nitrogen and oxygen atoms in total. The molecule has 1 aliphatic carbocycles. The first-order valence-corrected chi connectivity index (χ1v) is 15.9. The largest absolute Gasteiger partial charge is 0.352 e. The molecule has 1 saturated carbocycles. The van der Waals surface area contributed by atoms with Gasteiger partial charge in [0, 0.05) is 24.0 Å². The first-order chi connectivity index (χ1) is 19.6. The van der Waals surface area contributed by atoms with Gasteiger partial charge in [0.15, 0.2) is 0 Å². The molecule has 10 heteroatoms. The van der Waals surface area contributed by atoms with Crippen LogP contribution in [0.25, 0.3) is 0 Å². The highest BCUT2D eigenvalue weighted by atomic mass is 35.5. The lowest BCUT2D eigenvalue weighted by Gasteiger charge is -2.35. The molecule has 4 rings (SSSR count). The van der Waals surface area contributed by atoms with Crippen LogP contribution in [0.5, 0.6) is 0 Å². The van der Waals surface area contributed by atoms with Gasteiger partial charge in [-0.25, -0.2) is 12.8 Å². The van der Waals surface area contributed by atoms with Gasteiger partial charge in [-0.1, -0.05) is 73.3 Å². The third-order valence-electron chi connectivity index (χ3n) is 7.28. The van der Waals surface area contributed by atoms with Gasteiger partial charge < -0.3 is 10.2 Å². The maximum atomic E-state index is 14.1. The Morgan fingerprint density at radius 1 is 0.927 bits per heavy atom. The molecule has 2 amide bonds. The van der Waals surface area contributed by atoms with Gasteiger partial charge >= 0.3 is 0 Å². The van der Waals surface area contributed by atoms with Crippen LogP contribution in [0.4, 0.5) is 10.1 Å². The van der Waals surface area contributed by atoms with Crippen molar-refractivity contribution in [1.29, 1.82) is 0 Å². The number of halogens is 2. The number of hydrogen-bond acceptors (Lipinski definition) is 4. The van der Waals surface area contributed by atoms with Crippen LogP contribution in [0, 0.1) is 5.82 Å². The lowest BCUT2D eigenvalue weighted by atomic mass is 9.94. The van der Waals surface area contributed by atoms with E-state index in [2.05, 4.69) is 5.32 Å². The Balaban J connectivity index is 1.71. The van der Waals surface area contributed by atoms with Gasteiger partial charge in [0.2, 0.25) is 21.8 Å². The van der Waals surface area contributed by atoms with Crippen molar-refractivity contribution in [2.45, 2.75) is 57.2 Å². The Labute approximate surface area is 246 Å². The van der Waals surface area contributed by atoms with Crippen LogP contribution in [0.2, 0.25) is 5.02 Å². The van der Waals surface area contributed by atoms with Crippen molar-refractivity contribution >= 4 is 39.1 Å². The predicted molar refractivity (Wildman–Crippen MR) is 160 cm³/mol. The molecule has 41 heavy (non-hydrogen) atoms. The number of rotatable bonds is 11. The van der Waals surface area contributed by atoms with Crippen molar-refractivity contribution in [3.63, 3.8) is 0 Å². The predicted octanol–water partition coefficient (Wildman–Crippen LogP) is 5.33. The van der Waals surface area contributed by atoms with E-state index in [9.17, 15) is 22.4 Å². The fourth-order valence-electron chi connectivity index (χ4n) is 5.11. The molecule has 1 N–H and O–H groups in total. The second-order valence-corrected chi connectivity index (χ2v) is 12.8. The summed E-state index contributed by atoms with van der Waals surface area (Å²) in [5.74, 6) is -1.37. The minimum atomic E-state index is -3.92. The molecule has 0 spiro atoms. The van der Waals surface area contributed by atoms with Gasteiger partial charge in [-0.3, -0.25) is 13.9 Å². The van der Waals surface area contributed by atoms with Crippen LogP contribution >= 0.6 is 11.6 Å². The zero-order valence-corrected chi connectivity index (χ0v) is 24.6. The van der Waals surface area contributed by atoms with E-state index in [0.717, 1.165) is 65.9 Å². The Bertz CT molecular complexity index is 1410. The van der Waals surface area contributed by atoms with Crippen LogP contribution in [-0.4, -0.2) is 50.0 Å². The fraction of sp³-hybridized carbons (Fsp3) is 0.355. The number of sulfonamides is 1. The first-order valence-electron chi connectivity index (χ1n) is 13.7. The van der Waals surface area contributed by atoms with Crippen molar-refractivity contribution in [3.05, 3.63) is 101 Å². The van der Waals surface area contributed by atoms with Crippen molar-refractivity contribution in [1.82, 2.24) is 10.2 Å². The molecule has 218 valence electrons. The monoisotopic (exact) mass is 599 g/mol. The van der Waals surface area contributed by atoms with Crippen LogP contribution < -0.4 is 9.62 Å². The molecule has 0 aliphatic heterocycles. The quantitative estimate of drug-likeness (QED) is 0.323. The van der Waals surface area contributed by atoms with E-state index >= 15 is 0 Å².